The summed E-state index contributed by atoms with van der Waals surface area (Å²) in [4.78, 5) is 27.2. The smallest absolute Gasteiger partial charge is 0.337 e. The number of carbonyl (C=O) groups excluding carboxylic acids is 2. The number of nitrogens with one attached hydrogen (secondary N) is 1. The maximum absolute atomic E-state index is 12.0. The van der Waals surface area contributed by atoms with Crippen LogP contribution in [0.4, 0.5) is 5.69 Å². The number of hydrogen-bond acceptors (Lipinski definition) is 4. The molecule has 0 spiro atoms. The van der Waals surface area contributed by atoms with Crippen LogP contribution >= 0.6 is 0 Å². The highest BCUT2D eigenvalue weighted by Crippen LogP contribution is 2.12. The van der Waals surface area contributed by atoms with Crippen LogP contribution in [0, 0.1) is 0 Å². The average Bonchev–Trinajstić information content (AvgIpc) is 2.84. The summed E-state index contributed by atoms with van der Waals surface area (Å²) in [6.45, 7) is 0. The van der Waals surface area contributed by atoms with Crippen molar-refractivity contribution in [2.24, 2.45) is 7.05 Å². The highest BCUT2D eigenvalue weighted by Gasteiger charge is 2.11. The fourth-order valence-electron chi connectivity index (χ4n) is 1.61. The van der Waals surface area contributed by atoms with Crippen molar-refractivity contribution in [3.05, 3.63) is 48.0 Å². The van der Waals surface area contributed by atoms with E-state index in [1.54, 1.807) is 42.2 Å². The molecule has 0 unspecified atom stereocenters. The molecule has 98 valence electrons. The molecule has 19 heavy (non-hydrogen) atoms. The van der Waals surface area contributed by atoms with Gasteiger partial charge >= 0.3 is 5.97 Å². The van der Waals surface area contributed by atoms with Gasteiger partial charge in [-0.3, -0.25) is 4.79 Å². The van der Waals surface area contributed by atoms with E-state index in [1.165, 1.54) is 13.3 Å². The van der Waals surface area contributed by atoms with Crippen LogP contribution in [-0.4, -0.2) is 28.5 Å². The number of rotatable bonds is 3. The summed E-state index contributed by atoms with van der Waals surface area (Å²) in [5.41, 5.74) is 1.34. The second-order valence-corrected chi connectivity index (χ2v) is 3.92. The van der Waals surface area contributed by atoms with Crippen molar-refractivity contribution >= 4 is 17.6 Å². The van der Waals surface area contributed by atoms with Gasteiger partial charge in [-0.05, 0) is 18.2 Å². The summed E-state index contributed by atoms with van der Waals surface area (Å²) in [6.07, 6.45) is 3.01. The zero-order valence-corrected chi connectivity index (χ0v) is 10.6. The predicted molar refractivity (Wildman–Crippen MR) is 68.9 cm³/mol. The number of hydrogen-bond donors (Lipinski definition) is 1. The molecule has 0 fully saturated rings. The van der Waals surface area contributed by atoms with Gasteiger partial charge in [0.2, 0.25) is 0 Å². The second-order valence-electron chi connectivity index (χ2n) is 3.92. The van der Waals surface area contributed by atoms with E-state index in [1.807, 2.05) is 0 Å². The van der Waals surface area contributed by atoms with Crippen molar-refractivity contribution < 1.29 is 14.3 Å². The first kappa shape index (κ1) is 12.8. The zero-order valence-electron chi connectivity index (χ0n) is 10.6. The number of benzene rings is 1. The number of anilines is 1. The number of methoxy groups -OCH3 is 1. The van der Waals surface area contributed by atoms with Gasteiger partial charge in [0.15, 0.2) is 0 Å². The third kappa shape index (κ3) is 2.79. The van der Waals surface area contributed by atoms with Crippen molar-refractivity contribution in [2.75, 3.05) is 12.4 Å². The molecule has 2 rings (SSSR count). The van der Waals surface area contributed by atoms with Crippen LogP contribution in [0.3, 0.4) is 0 Å². The van der Waals surface area contributed by atoms with E-state index in [9.17, 15) is 9.59 Å². The summed E-state index contributed by atoms with van der Waals surface area (Å²) < 4.78 is 6.23. The molecule has 0 atom stereocenters. The summed E-state index contributed by atoms with van der Waals surface area (Å²) in [7, 11) is 3.04. The highest BCUT2D eigenvalue weighted by molar-refractivity contribution is 6.03. The first-order valence-corrected chi connectivity index (χ1v) is 5.58. The maximum atomic E-state index is 12.0. The number of nitrogens with zero attached hydrogens (tertiary/aromatic N) is 2. The molecule has 1 aromatic carbocycles. The number of aromatic nitrogens is 2. The Morgan fingerprint density at radius 1 is 1.37 bits per heavy atom. The third-order valence-electron chi connectivity index (χ3n) is 2.59. The molecule has 0 aliphatic heterocycles. The van der Waals surface area contributed by atoms with Gasteiger partial charge in [0.05, 0.1) is 25.2 Å². The van der Waals surface area contributed by atoms with Gasteiger partial charge in [0.25, 0.3) is 5.91 Å². The number of esters is 1. The Kier molecular flexibility index (Phi) is 3.61. The molecular formula is C13H13N3O3. The number of aryl methyl sites for hydroxylation is 1. The molecule has 1 aromatic heterocycles. The van der Waals surface area contributed by atoms with E-state index < -0.39 is 5.97 Å². The molecule has 0 bridgehead atoms. The van der Waals surface area contributed by atoms with Crippen molar-refractivity contribution in [1.29, 1.82) is 0 Å². The van der Waals surface area contributed by atoms with Crippen molar-refractivity contribution in [2.45, 2.75) is 0 Å². The van der Waals surface area contributed by atoms with Crippen LogP contribution in [0.25, 0.3) is 0 Å². The van der Waals surface area contributed by atoms with Crippen LogP contribution in [0.15, 0.2) is 36.8 Å². The Morgan fingerprint density at radius 3 is 2.79 bits per heavy atom. The lowest BCUT2D eigenvalue weighted by molar-refractivity contribution is 0.0600. The fourth-order valence-corrected chi connectivity index (χ4v) is 1.61. The summed E-state index contributed by atoms with van der Waals surface area (Å²) in [6, 6.07) is 6.54. The van der Waals surface area contributed by atoms with E-state index in [2.05, 4.69) is 15.0 Å². The minimum atomic E-state index is -0.448. The molecule has 1 N–H and O–H groups in total. The second kappa shape index (κ2) is 5.34. The fraction of sp³-hybridized carbons (Fsp3) is 0.154. The SMILES string of the molecule is COC(=O)c1cccc(NC(=O)c2cncn2C)c1. The summed E-state index contributed by atoms with van der Waals surface area (Å²) in [5, 5.41) is 2.70. The van der Waals surface area contributed by atoms with Gasteiger partial charge < -0.3 is 14.6 Å². The predicted octanol–water partition coefficient (Wildman–Crippen LogP) is 1.46. The number of imidazole rings is 1. The normalized spacial score (nSPS) is 10.0. The van der Waals surface area contributed by atoms with E-state index >= 15 is 0 Å². The molecule has 1 heterocycles. The molecule has 1 amide bonds. The molecule has 0 aliphatic carbocycles. The molecule has 0 saturated carbocycles. The summed E-state index contributed by atoms with van der Waals surface area (Å²) >= 11 is 0. The monoisotopic (exact) mass is 259 g/mol. The summed E-state index contributed by atoms with van der Waals surface area (Å²) in [5.74, 6) is -0.737. The standard InChI is InChI=1S/C13H13N3O3/c1-16-8-14-7-11(16)12(17)15-10-5-3-4-9(6-10)13(18)19-2/h3-8H,1-2H3,(H,15,17). The molecular weight excluding hydrogens is 246 g/mol. The van der Waals surface area contributed by atoms with E-state index in [4.69, 9.17) is 0 Å². The minimum absolute atomic E-state index is 0.290. The zero-order chi connectivity index (χ0) is 13.8. The Balaban J connectivity index is 2.18. The van der Waals surface area contributed by atoms with Crippen LogP contribution in [0.2, 0.25) is 0 Å². The Bertz CT molecular complexity index is 619. The molecule has 0 saturated heterocycles. The average molecular weight is 259 g/mol. The van der Waals surface area contributed by atoms with Gasteiger partial charge in [-0.2, -0.15) is 0 Å². The van der Waals surface area contributed by atoms with E-state index in [-0.39, 0.29) is 5.91 Å². The van der Waals surface area contributed by atoms with Crippen molar-refractivity contribution in [3.63, 3.8) is 0 Å². The Hall–Kier alpha value is -2.63. The maximum Gasteiger partial charge on any atom is 0.337 e. The van der Waals surface area contributed by atoms with Crippen LogP contribution in [0.1, 0.15) is 20.8 Å². The van der Waals surface area contributed by atoms with Gasteiger partial charge in [-0.1, -0.05) is 6.07 Å². The third-order valence-corrected chi connectivity index (χ3v) is 2.59. The molecule has 6 heteroatoms. The first-order valence-electron chi connectivity index (χ1n) is 5.58. The van der Waals surface area contributed by atoms with Gasteiger partial charge in [0, 0.05) is 12.7 Å². The quantitative estimate of drug-likeness (QED) is 0.847. The highest BCUT2D eigenvalue weighted by atomic mass is 16.5. The first-order chi connectivity index (χ1) is 9.11. The topological polar surface area (TPSA) is 73.2 Å². The Labute approximate surface area is 110 Å². The van der Waals surface area contributed by atoms with E-state index in [0.717, 1.165) is 0 Å². The van der Waals surface area contributed by atoms with Gasteiger partial charge in [-0.25, -0.2) is 9.78 Å². The number of ether oxygens (including phenoxy) is 1. The Morgan fingerprint density at radius 2 is 2.16 bits per heavy atom. The number of amides is 1. The van der Waals surface area contributed by atoms with Gasteiger partial charge in [0.1, 0.15) is 5.69 Å². The molecule has 2 aromatic rings. The minimum Gasteiger partial charge on any atom is -0.465 e. The van der Waals surface area contributed by atoms with Gasteiger partial charge in [-0.15, -0.1) is 0 Å². The van der Waals surface area contributed by atoms with Crippen LogP contribution in [0.5, 0.6) is 0 Å². The van der Waals surface area contributed by atoms with Crippen molar-refractivity contribution in [1.82, 2.24) is 9.55 Å². The van der Waals surface area contributed by atoms with Crippen LogP contribution in [-0.2, 0) is 11.8 Å². The lowest BCUT2D eigenvalue weighted by atomic mass is 10.2. The largest absolute Gasteiger partial charge is 0.465 e. The van der Waals surface area contributed by atoms with Crippen LogP contribution < -0.4 is 5.32 Å². The molecule has 6 nitrogen and oxygen atoms in total. The van der Waals surface area contributed by atoms with Crippen molar-refractivity contribution in [3.8, 4) is 0 Å². The molecule has 0 aliphatic rings. The lowest BCUT2D eigenvalue weighted by Gasteiger charge is -2.06. The van der Waals surface area contributed by atoms with E-state index in [0.29, 0.717) is 16.9 Å². The molecule has 0 radical (unpaired) electrons. The number of carbonyl (C=O) groups is 2. The lowest BCUT2D eigenvalue weighted by Crippen LogP contribution is -2.15.